The standard InChI is InChI=1S/C18H29N3/c1-14(2)16-11-15(13-19-18(3,4)5)12-17(20-16)21-9-7-6-8-10-21/h6-7,11-12,14,19H,8-10,13H2,1-5H3. The van der Waals surface area contributed by atoms with Gasteiger partial charge in [0.2, 0.25) is 0 Å². The SMILES string of the molecule is CC(C)c1cc(CNC(C)(C)C)cc(N2CC=CCC2)n1. The Labute approximate surface area is 129 Å². The topological polar surface area (TPSA) is 28.2 Å². The molecule has 2 rings (SSSR count). The molecule has 21 heavy (non-hydrogen) atoms. The number of nitrogens with zero attached hydrogens (tertiary/aromatic N) is 2. The summed E-state index contributed by atoms with van der Waals surface area (Å²) in [6.07, 6.45) is 5.61. The van der Waals surface area contributed by atoms with Crippen LogP contribution in [0.3, 0.4) is 0 Å². The minimum atomic E-state index is 0.134. The van der Waals surface area contributed by atoms with E-state index in [-0.39, 0.29) is 5.54 Å². The molecule has 1 aliphatic rings. The van der Waals surface area contributed by atoms with Gasteiger partial charge in [0.05, 0.1) is 0 Å². The van der Waals surface area contributed by atoms with Gasteiger partial charge in [0.15, 0.2) is 0 Å². The Hall–Kier alpha value is -1.35. The predicted molar refractivity (Wildman–Crippen MR) is 90.9 cm³/mol. The summed E-state index contributed by atoms with van der Waals surface area (Å²) in [6.45, 7) is 14.0. The maximum absolute atomic E-state index is 4.87. The van der Waals surface area contributed by atoms with E-state index < -0.39 is 0 Å². The lowest BCUT2D eigenvalue weighted by atomic mass is 10.0. The van der Waals surface area contributed by atoms with Crippen LogP contribution >= 0.6 is 0 Å². The minimum Gasteiger partial charge on any atom is -0.353 e. The van der Waals surface area contributed by atoms with Crippen molar-refractivity contribution in [3.8, 4) is 0 Å². The van der Waals surface area contributed by atoms with Crippen molar-refractivity contribution >= 4 is 5.82 Å². The molecule has 1 N–H and O–H groups in total. The summed E-state index contributed by atoms with van der Waals surface area (Å²) in [5.74, 6) is 1.58. The van der Waals surface area contributed by atoms with E-state index in [0.29, 0.717) is 5.92 Å². The molecule has 0 amide bonds. The Bertz CT molecular complexity index is 498. The second-order valence-corrected chi connectivity index (χ2v) is 7.22. The summed E-state index contributed by atoms with van der Waals surface area (Å²) in [6, 6.07) is 4.48. The fourth-order valence-corrected chi connectivity index (χ4v) is 2.37. The molecule has 0 radical (unpaired) electrons. The van der Waals surface area contributed by atoms with E-state index in [1.165, 1.54) is 11.3 Å². The third-order valence-electron chi connectivity index (χ3n) is 3.69. The molecule has 0 spiro atoms. The van der Waals surface area contributed by atoms with Crippen molar-refractivity contribution in [2.75, 3.05) is 18.0 Å². The van der Waals surface area contributed by atoms with Gasteiger partial charge in [-0.25, -0.2) is 4.98 Å². The molecule has 0 atom stereocenters. The number of nitrogens with one attached hydrogen (secondary N) is 1. The smallest absolute Gasteiger partial charge is 0.129 e. The lowest BCUT2D eigenvalue weighted by Crippen LogP contribution is -2.35. The van der Waals surface area contributed by atoms with Crippen LogP contribution in [0.4, 0.5) is 5.82 Å². The molecule has 3 heteroatoms. The first-order valence-electron chi connectivity index (χ1n) is 8.01. The molecule has 0 aliphatic carbocycles. The first-order valence-corrected chi connectivity index (χ1v) is 8.01. The van der Waals surface area contributed by atoms with Crippen molar-refractivity contribution in [1.82, 2.24) is 10.3 Å². The van der Waals surface area contributed by atoms with E-state index in [1.807, 2.05) is 0 Å². The highest BCUT2D eigenvalue weighted by atomic mass is 15.2. The molecule has 116 valence electrons. The van der Waals surface area contributed by atoms with Crippen LogP contribution in [0.2, 0.25) is 0 Å². The van der Waals surface area contributed by atoms with Gasteiger partial charge < -0.3 is 10.2 Å². The second kappa shape index (κ2) is 6.61. The zero-order chi connectivity index (χ0) is 15.5. The average Bonchev–Trinajstić information content (AvgIpc) is 2.45. The Morgan fingerprint density at radius 1 is 1.24 bits per heavy atom. The summed E-state index contributed by atoms with van der Waals surface area (Å²) in [4.78, 5) is 7.23. The molecule has 2 heterocycles. The van der Waals surface area contributed by atoms with Gasteiger partial charge in [-0.15, -0.1) is 0 Å². The van der Waals surface area contributed by atoms with Crippen molar-refractivity contribution in [2.45, 2.75) is 59.0 Å². The summed E-state index contributed by atoms with van der Waals surface area (Å²) in [7, 11) is 0. The molecule has 0 saturated carbocycles. The van der Waals surface area contributed by atoms with Gasteiger partial charge in [-0.05, 0) is 50.8 Å². The van der Waals surface area contributed by atoms with Gasteiger partial charge in [-0.1, -0.05) is 26.0 Å². The van der Waals surface area contributed by atoms with Crippen LogP contribution in [0.5, 0.6) is 0 Å². The van der Waals surface area contributed by atoms with E-state index in [1.54, 1.807) is 0 Å². The molecule has 0 aromatic carbocycles. The Kier molecular flexibility index (Phi) is 5.04. The highest BCUT2D eigenvalue weighted by molar-refractivity contribution is 5.44. The van der Waals surface area contributed by atoms with Crippen LogP contribution in [-0.4, -0.2) is 23.6 Å². The second-order valence-electron chi connectivity index (χ2n) is 7.22. The quantitative estimate of drug-likeness (QED) is 0.852. The first-order chi connectivity index (χ1) is 9.85. The Morgan fingerprint density at radius 2 is 2.00 bits per heavy atom. The fourth-order valence-electron chi connectivity index (χ4n) is 2.37. The number of aromatic nitrogens is 1. The van der Waals surface area contributed by atoms with Crippen LogP contribution in [0.15, 0.2) is 24.3 Å². The van der Waals surface area contributed by atoms with Gasteiger partial charge in [0, 0.05) is 30.9 Å². The van der Waals surface area contributed by atoms with E-state index in [2.05, 4.69) is 69.1 Å². The minimum absolute atomic E-state index is 0.134. The third-order valence-corrected chi connectivity index (χ3v) is 3.69. The molecule has 3 nitrogen and oxygen atoms in total. The van der Waals surface area contributed by atoms with Crippen LogP contribution in [-0.2, 0) is 6.54 Å². The normalized spacial score (nSPS) is 15.8. The molecule has 0 unspecified atom stereocenters. The summed E-state index contributed by atoms with van der Waals surface area (Å²) in [5, 5.41) is 3.57. The molecule has 0 saturated heterocycles. The fraction of sp³-hybridized carbons (Fsp3) is 0.611. The maximum Gasteiger partial charge on any atom is 0.129 e. The van der Waals surface area contributed by atoms with E-state index in [4.69, 9.17) is 4.98 Å². The van der Waals surface area contributed by atoms with Crippen molar-refractivity contribution in [1.29, 1.82) is 0 Å². The van der Waals surface area contributed by atoms with Gasteiger partial charge >= 0.3 is 0 Å². The van der Waals surface area contributed by atoms with E-state index in [0.717, 1.165) is 31.9 Å². The third kappa shape index (κ3) is 4.85. The van der Waals surface area contributed by atoms with Crippen LogP contribution in [0.1, 0.15) is 58.2 Å². The van der Waals surface area contributed by atoms with Gasteiger partial charge in [-0.3, -0.25) is 0 Å². The van der Waals surface area contributed by atoms with Gasteiger partial charge in [0.25, 0.3) is 0 Å². The monoisotopic (exact) mass is 287 g/mol. The first kappa shape index (κ1) is 16.0. The van der Waals surface area contributed by atoms with E-state index >= 15 is 0 Å². The zero-order valence-corrected chi connectivity index (χ0v) is 14.1. The lowest BCUT2D eigenvalue weighted by molar-refractivity contribution is 0.424. The molecule has 0 bridgehead atoms. The molecule has 0 fully saturated rings. The van der Waals surface area contributed by atoms with Gasteiger partial charge in [0.1, 0.15) is 5.82 Å². The molecular formula is C18H29N3. The van der Waals surface area contributed by atoms with Crippen LogP contribution in [0, 0.1) is 0 Å². The number of hydrogen-bond donors (Lipinski definition) is 1. The molecule has 1 aromatic heterocycles. The highest BCUT2D eigenvalue weighted by Gasteiger charge is 2.14. The molecular weight excluding hydrogens is 258 g/mol. The predicted octanol–water partition coefficient (Wildman–Crippen LogP) is 3.86. The van der Waals surface area contributed by atoms with E-state index in [9.17, 15) is 0 Å². The average molecular weight is 287 g/mol. The molecule has 1 aromatic rings. The van der Waals surface area contributed by atoms with Crippen molar-refractivity contribution in [3.63, 3.8) is 0 Å². The van der Waals surface area contributed by atoms with Crippen LogP contribution in [0.25, 0.3) is 0 Å². The highest BCUT2D eigenvalue weighted by Crippen LogP contribution is 2.22. The summed E-state index contributed by atoms with van der Waals surface area (Å²) < 4.78 is 0. The lowest BCUT2D eigenvalue weighted by Gasteiger charge is -2.27. The summed E-state index contributed by atoms with van der Waals surface area (Å²) in [5.41, 5.74) is 2.65. The number of rotatable bonds is 4. The number of pyridine rings is 1. The van der Waals surface area contributed by atoms with Crippen LogP contribution < -0.4 is 10.2 Å². The number of hydrogen-bond acceptors (Lipinski definition) is 3. The Balaban J connectivity index is 2.23. The largest absolute Gasteiger partial charge is 0.353 e. The van der Waals surface area contributed by atoms with Crippen molar-refractivity contribution in [2.24, 2.45) is 0 Å². The van der Waals surface area contributed by atoms with Crippen molar-refractivity contribution in [3.05, 3.63) is 35.5 Å². The maximum atomic E-state index is 4.87. The molecule has 1 aliphatic heterocycles. The number of anilines is 1. The van der Waals surface area contributed by atoms with Gasteiger partial charge in [-0.2, -0.15) is 0 Å². The van der Waals surface area contributed by atoms with Crippen molar-refractivity contribution < 1.29 is 0 Å². The summed E-state index contributed by atoms with van der Waals surface area (Å²) >= 11 is 0. The Morgan fingerprint density at radius 3 is 2.57 bits per heavy atom. The zero-order valence-electron chi connectivity index (χ0n) is 14.1.